The van der Waals surface area contributed by atoms with Crippen molar-refractivity contribution in [3.8, 4) is 11.3 Å². The fraction of sp³-hybridized carbons (Fsp3) is 0.444. The molecule has 6 unspecified atom stereocenters. The minimum atomic E-state index is -1.16. The Bertz CT molecular complexity index is 1590. The lowest BCUT2D eigenvalue weighted by atomic mass is 9.98. The number of fused-ring (bicyclic) bond motifs is 1. The molecule has 3 amide bonds. The highest BCUT2D eigenvalue weighted by Gasteiger charge is 2.50. The number of cyclic esters (lactones) is 1. The number of nitrogens with one attached hydrogen (secondary N) is 2. The Morgan fingerprint density at radius 1 is 1.06 bits per heavy atom. The van der Waals surface area contributed by atoms with Gasteiger partial charge in [0.1, 0.15) is 11.7 Å². The third-order valence-electron chi connectivity index (χ3n) is 9.21. The summed E-state index contributed by atoms with van der Waals surface area (Å²) in [6, 6.07) is 21.2. The lowest BCUT2D eigenvalue weighted by Crippen LogP contribution is -2.58. The number of alkyl carbamates (subject to hydrolysis) is 1. The highest BCUT2D eigenvalue weighted by Crippen LogP contribution is 2.33. The molecule has 3 N–H and O–H groups in total. The van der Waals surface area contributed by atoms with Crippen LogP contribution in [0.2, 0.25) is 0 Å². The number of rotatable bonds is 12. The van der Waals surface area contributed by atoms with Gasteiger partial charge in [0.2, 0.25) is 0 Å². The van der Waals surface area contributed by atoms with Crippen molar-refractivity contribution < 1.29 is 38.4 Å². The van der Waals surface area contributed by atoms with Gasteiger partial charge in [-0.15, -0.1) is 0 Å². The first-order valence-electron chi connectivity index (χ1n) is 16.5. The molecule has 260 valence electrons. The monoisotopic (exact) mass is 673 g/mol. The van der Waals surface area contributed by atoms with Gasteiger partial charge in [0.25, 0.3) is 5.91 Å². The molecule has 6 atom stereocenters. The van der Waals surface area contributed by atoms with Crippen LogP contribution in [0.4, 0.5) is 9.59 Å². The molecule has 3 aromatic rings. The number of hydrazine groups is 1. The summed E-state index contributed by atoms with van der Waals surface area (Å²) >= 11 is 0. The van der Waals surface area contributed by atoms with Crippen molar-refractivity contribution in [1.82, 2.24) is 25.6 Å². The molecule has 3 aliphatic rings. The quantitative estimate of drug-likeness (QED) is 0.245. The van der Waals surface area contributed by atoms with Crippen molar-refractivity contribution in [2.24, 2.45) is 5.92 Å². The largest absolute Gasteiger partial charge is 0.443 e. The number of likely N-dealkylation sites (N-methyl/N-ethyl adjacent to an activating group) is 1. The molecule has 3 aliphatic heterocycles. The molecular formula is C36H43N5O8. The molecule has 0 bridgehead atoms. The van der Waals surface area contributed by atoms with E-state index in [1.54, 1.807) is 25.1 Å². The smallest absolute Gasteiger partial charge is 0.410 e. The zero-order valence-corrected chi connectivity index (χ0v) is 27.9. The summed E-state index contributed by atoms with van der Waals surface area (Å²) < 4.78 is 22.4. The van der Waals surface area contributed by atoms with Gasteiger partial charge in [-0.25, -0.2) is 14.6 Å². The fourth-order valence-electron chi connectivity index (χ4n) is 6.69. The minimum Gasteiger partial charge on any atom is -0.443 e. The van der Waals surface area contributed by atoms with Gasteiger partial charge < -0.3 is 29.4 Å². The molecule has 3 saturated heterocycles. The van der Waals surface area contributed by atoms with Crippen LogP contribution in [0.25, 0.3) is 11.3 Å². The maximum absolute atomic E-state index is 13.7. The van der Waals surface area contributed by atoms with Crippen molar-refractivity contribution in [2.75, 3.05) is 26.8 Å². The number of aliphatic hydroxyl groups is 1. The maximum atomic E-state index is 13.7. The Balaban J connectivity index is 1.20. The third-order valence-corrected chi connectivity index (χ3v) is 9.21. The number of benzene rings is 2. The van der Waals surface area contributed by atoms with Crippen LogP contribution in [0, 0.1) is 5.92 Å². The van der Waals surface area contributed by atoms with E-state index in [1.807, 2.05) is 72.8 Å². The van der Waals surface area contributed by atoms with Crippen LogP contribution < -0.4 is 10.7 Å². The predicted octanol–water partition coefficient (Wildman–Crippen LogP) is 3.27. The van der Waals surface area contributed by atoms with Crippen LogP contribution in [0.1, 0.15) is 31.4 Å². The number of carbonyl (C=O) groups excluding carboxylic acids is 3. The molecule has 6 rings (SSSR count). The Morgan fingerprint density at radius 2 is 1.82 bits per heavy atom. The van der Waals surface area contributed by atoms with Crippen LogP contribution in [-0.2, 0) is 36.7 Å². The zero-order valence-electron chi connectivity index (χ0n) is 27.9. The summed E-state index contributed by atoms with van der Waals surface area (Å²) in [6.45, 7) is 4.29. The van der Waals surface area contributed by atoms with Gasteiger partial charge in [0.15, 0.2) is 12.3 Å². The van der Waals surface area contributed by atoms with Crippen molar-refractivity contribution >= 4 is 18.1 Å². The number of nitrogens with zero attached hydrogens (tertiary/aromatic N) is 3. The van der Waals surface area contributed by atoms with Crippen LogP contribution in [0.3, 0.4) is 0 Å². The van der Waals surface area contributed by atoms with Gasteiger partial charge in [-0.05, 0) is 49.9 Å². The van der Waals surface area contributed by atoms with E-state index < -0.39 is 48.0 Å². The zero-order chi connectivity index (χ0) is 34.5. The second-order valence-electron chi connectivity index (χ2n) is 13.2. The van der Waals surface area contributed by atoms with E-state index in [4.69, 9.17) is 18.9 Å². The number of hydrogen-bond acceptors (Lipinski definition) is 10. The van der Waals surface area contributed by atoms with Gasteiger partial charge in [0, 0.05) is 31.9 Å². The molecule has 49 heavy (non-hydrogen) atoms. The molecular weight excluding hydrogens is 630 g/mol. The number of hydrogen-bond donors (Lipinski definition) is 3. The predicted molar refractivity (Wildman–Crippen MR) is 177 cm³/mol. The summed E-state index contributed by atoms with van der Waals surface area (Å²) in [7, 11) is 1.51. The van der Waals surface area contributed by atoms with Crippen LogP contribution in [0.5, 0.6) is 0 Å². The SMILES string of the molecule is CN1C(=O)OC(C)(C)C1C(=O)NN(Cc1ccc(-c2ccccn2)cc1)CC(O)C(Cc1ccccc1)NC(=O)OC1COC2OCCC12. The minimum absolute atomic E-state index is 0.0353. The Labute approximate surface area is 285 Å². The fourth-order valence-corrected chi connectivity index (χ4v) is 6.69. The van der Waals surface area contributed by atoms with E-state index in [1.165, 1.54) is 11.9 Å². The van der Waals surface area contributed by atoms with E-state index in [2.05, 4.69) is 15.7 Å². The molecule has 0 aliphatic carbocycles. The van der Waals surface area contributed by atoms with E-state index in [0.717, 1.165) is 28.8 Å². The van der Waals surface area contributed by atoms with Crippen LogP contribution in [-0.4, -0.2) is 101 Å². The second kappa shape index (κ2) is 14.9. The lowest BCUT2D eigenvalue weighted by Gasteiger charge is -2.33. The third kappa shape index (κ3) is 8.19. The molecule has 13 nitrogen and oxygen atoms in total. The average Bonchev–Trinajstić information content (AvgIpc) is 3.75. The van der Waals surface area contributed by atoms with Crippen LogP contribution in [0.15, 0.2) is 79.0 Å². The number of ether oxygens (including phenoxy) is 4. The molecule has 1 aromatic heterocycles. The molecule has 0 saturated carbocycles. The lowest BCUT2D eigenvalue weighted by molar-refractivity contribution is -0.133. The molecule has 0 spiro atoms. The summed E-state index contributed by atoms with van der Waals surface area (Å²) in [5, 5.41) is 16.2. The number of aliphatic hydroxyl groups excluding tert-OH is 1. The normalized spacial score (nSPS) is 23.9. The Kier molecular flexibility index (Phi) is 10.4. The number of aromatic nitrogens is 1. The van der Waals surface area contributed by atoms with E-state index >= 15 is 0 Å². The summed E-state index contributed by atoms with van der Waals surface area (Å²) in [5.41, 5.74) is 5.33. The van der Waals surface area contributed by atoms with Gasteiger partial charge in [0.05, 0.1) is 37.0 Å². The first-order chi connectivity index (χ1) is 23.6. The Morgan fingerprint density at radius 3 is 2.51 bits per heavy atom. The van der Waals surface area contributed by atoms with E-state index in [0.29, 0.717) is 13.0 Å². The summed E-state index contributed by atoms with van der Waals surface area (Å²) in [5.74, 6) is -0.510. The maximum Gasteiger partial charge on any atom is 0.410 e. The van der Waals surface area contributed by atoms with Gasteiger partial charge in [-0.1, -0.05) is 60.7 Å². The first-order valence-corrected chi connectivity index (χ1v) is 16.5. The number of pyridine rings is 1. The van der Waals surface area contributed by atoms with Gasteiger partial charge >= 0.3 is 12.2 Å². The van der Waals surface area contributed by atoms with Crippen LogP contribution >= 0.6 is 0 Å². The van der Waals surface area contributed by atoms with Crippen molar-refractivity contribution in [3.63, 3.8) is 0 Å². The molecule has 2 aromatic carbocycles. The topological polar surface area (TPSA) is 152 Å². The second-order valence-corrected chi connectivity index (χ2v) is 13.2. The van der Waals surface area contributed by atoms with Crippen molar-refractivity contribution in [1.29, 1.82) is 0 Å². The van der Waals surface area contributed by atoms with E-state index in [-0.39, 0.29) is 31.9 Å². The summed E-state index contributed by atoms with van der Waals surface area (Å²) in [6.07, 6.45) is -0.492. The van der Waals surface area contributed by atoms with Gasteiger partial charge in [-0.3, -0.25) is 20.1 Å². The highest BCUT2D eigenvalue weighted by molar-refractivity contribution is 5.89. The molecule has 3 fully saturated rings. The molecule has 13 heteroatoms. The van der Waals surface area contributed by atoms with Crippen molar-refractivity contribution in [2.45, 2.75) is 69.4 Å². The first kappa shape index (κ1) is 34.3. The average molecular weight is 674 g/mol. The van der Waals surface area contributed by atoms with Crippen molar-refractivity contribution in [3.05, 3.63) is 90.1 Å². The number of carbonyl (C=O) groups is 3. The standard InChI is InChI=1S/C36H43N5O8/c1-36(2)31(40(3)35(45)49-36)32(43)39-41(20-24-12-14-25(15-13-24)27-11-7-8-17-37-27)21-29(42)28(19-23-9-5-4-6-10-23)38-34(44)48-30-22-47-33-26(30)16-18-46-33/h4-15,17,26,28-31,33,42H,16,18-22H2,1-3H3,(H,38,44)(H,39,43). The number of amides is 3. The van der Waals surface area contributed by atoms with Gasteiger partial charge in [-0.2, -0.15) is 0 Å². The molecule has 4 heterocycles. The summed E-state index contributed by atoms with van der Waals surface area (Å²) in [4.78, 5) is 45.0. The van der Waals surface area contributed by atoms with E-state index in [9.17, 15) is 19.5 Å². The Hall–Kier alpha value is -4.56. The molecule has 0 radical (unpaired) electrons. The highest BCUT2D eigenvalue weighted by atomic mass is 16.7.